The number of aliphatic imine (C=N–C) groups is 1. The molecule has 1 rings (SSSR count). The molecule has 58 valence electrons. The number of carbonyl (C=O) groups is 1. The highest BCUT2D eigenvalue weighted by atomic mass is 16.1. The average Bonchev–Trinajstić information content (AvgIpc) is 1.91. The van der Waals surface area contributed by atoms with E-state index in [0.717, 1.165) is 0 Å². The Hall–Kier alpha value is -0.860. The molecule has 0 aliphatic carbocycles. The van der Waals surface area contributed by atoms with Gasteiger partial charge in [0.1, 0.15) is 0 Å². The molecule has 1 N–H and O–H groups in total. The van der Waals surface area contributed by atoms with Crippen LogP contribution in [0.15, 0.2) is 4.99 Å². The number of nitrogens with one attached hydrogen (secondary N) is 1. The maximum atomic E-state index is 10.5. The number of amides is 1. The van der Waals surface area contributed by atoms with E-state index in [0.29, 0.717) is 6.42 Å². The minimum absolute atomic E-state index is 0.0625. The molecular weight excluding hydrogens is 128 g/mol. The first kappa shape index (κ1) is 9.14. The van der Waals surface area contributed by atoms with Gasteiger partial charge in [0.15, 0.2) is 0 Å². The molecule has 0 fully saturated rings. The van der Waals surface area contributed by atoms with E-state index in [1.165, 1.54) is 6.34 Å². The molecule has 0 spiro atoms. The van der Waals surface area contributed by atoms with Gasteiger partial charge in [0, 0.05) is 6.42 Å². The monoisotopic (exact) mass is 142 g/mol. The molecular formula is C7H14N2O. The van der Waals surface area contributed by atoms with Crippen LogP contribution in [0.1, 0.15) is 27.2 Å². The fraction of sp³-hybridized carbons (Fsp3) is 0.714. The van der Waals surface area contributed by atoms with Gasteiger partial charge in [-0.3, -0.25) is 9.79 Å². The lowest BCUT2D eigenvalue weighted by atomic mass is 10.2. The standard InChI is InChI=1S/C5H8N2O.C2H6/c1-4-2-5(8)7-3-6-4;1-2/h3-4H,2H2,1H3,(H,6,7,8);1-2H3. The summed E-state index contributed by atoms with van der Waals surface area (Å²) in [5.74, 6) is 0.0625. The highest BCUT2D eigenvalue weighted by molar-refractivity contribution is 5.89. The number of hydrogen-bond donors (Lipinski definition) is 1. The van der Waals surface area contributed by atoms with Gasteiger partial charge in [-0.1, -0.05) is 13.8 Å². The molecule has 0 aromatic rings. The van der Waals surface area contributed by atoms with E-state index in [1.54, 1.807) is 0 Å². The molecule has 1 aliphatic heterocycles. The zero-order valence-electron chi connectivity index (χ0n) is 6.72. The van der Waals surface area contributed by atoms with Crippen LogP contribution < -0.4 is 5.32 Å². The van der Waals surface area contributed by atoms with Crippen molar-refractivity contribution in [1.82, 2.24) is 5.32 Å². The Morgan fingerprint density at radius 2 is 2.30 bits per heavy atom. The lowest BCUT2D eigenvalue weighted by Gasteiger charge is -2.09. The maximum absolute atomic E-state index is 10.5. The van der Waals surface area contributed by atoms with Crippen molar-refractivity contribution in [2.45, 2.75) is 33.2 Å². The summed E-state index contributed by atoms with van der Waals surface area (Å²) in [5, 5.41) is 2.48. The maximum Gasteiger partial charge on any atom is 0.227 e. The Morgan fingerprint density at radius 3 is 2.60 bits per heavy atom. The minimum atomic E-state index is 0.0625. The van der Waals surface area contributed by atoms with Crippen molar-refractivity contribution < 1.29 is 4.79 Å². The zero-order chi connectivity index (χ0) is 7.98. The Balaban J connectivity index is 0.000000371. The van der Waals surface area contributed by atoms with E-state index < -0.39 is 0 Å². The summed E-state index contributed by atoms with van der Waals surface area (Å²) < 4.78 is 0. The largest absolute Gasteiger partial charge is 0.317 e. The third-order valence-corrected chi connectivity index (χ3v) is 1.04. The van der Waals surface area contributed by atoms with Crippen LogP contribution in [0.3, 0.4) is 0 Å². The molecule has 1 atom stereocenters. The summed E-state index contributed by atoms with van der Waals surface area (Å²) >= 11 is 0. The fourth-order valence-corrected chi connectivity index (χ4v) is 0.616. The van der Waals surface area contributed by atoms with Crippen molar-refractivity contribution >= 4 is 12.2 Å². The van der Waals surface area contributed by atoms with Crippen molar-refractivity contribution in [2.24, 2.45) is 4.99 Å². The summed E-state index contributed by atoms with van der Waals surface area (Å²) in [6.45, 7) is 5.91. The van der Waals surface area contributed by atoms with Crippen LogP contribution in [-0.2, 0) is 4.79 Å². The number of nitrogens with zero attached hydrogens (tertiary/aromatic N) is 1. The summed E-state index contributed by atoms with van der Waals surface area (Å²) in [7, 11) is 0. The van der Waals surface area contributed by atoms with Gasteiger partial charge in [-0.25, -0.2) is 0 Å². The first-order valence-corrected chi connectivity index (χ1v) is 3.60. The molecule has 0 aromatic carbocycles. The first-order valence-electron chi connectivity index (χ1n) is 3.60. The molecule has 0 aromatic heterocycles. The van der Waals surface area contributed by atoms with Gasteiger partial charge in [0.05, 0.1) is 12.4 Å². The Bertz CT molecular complexity index is 132. The van der Waals surface area contributed by atoms with Crippen LogP contribution in [0.4, 0.5) is 0 Å². The molecule has 0 saturated heterocycles. The van der Waals surface area contributed by atoms with E-state index in [-0.39, 0.29) is 11.9 Å². The number of carbonyl (C=O) groups excluding carboxylic acids is 1. The van der Waals surface area contributed by atoms with Crippen LogP contribution in [0.2, 0.25) is 0 Å². The first-order chi connectivity index (χ1) is 4.79. The fourth-order valence-electron chi connectivity index (χ4n) is 0.616. The molecule has 3 nitrogen and oxygen atoms in total. The van der Waals surface area contributed by atoms with Crippen molar-refractivity contribution in [3.63, 3.8) is 0 Å². The van der Waals surface area contributed by atoms with Crippen molar-refractivity contribution in [2.75, 3.05) is 0 Å². The molecule has 3 heteroatoms. The van der Waals surface area contributed by atoms with Crippen molar-refractivity contribution in [3.05, 3.63) is 0 Å². The molecule has 0 saturated carbocycles. The van der Waals surface area contributed by atoms with Gasteiger partial charge in [-0.05, 0) is 6.92 Å². The topological polar surface area (TPSA) is 41.5 Å². The zero-order valence-corrected chi connectivity index (χ0v) is 6.72. The summed E-state index contributed by atoms with van der Waals surface area (Å²) in [4.78, 5) is 14.4. The summed E-state index contributed by atoms with van der Waals surface area (Å²) in [5.41, 5.74) is 0. The average molecular weight is 142 g/mol. The van der Waals surface area contributed by atoms with Gasteiger partial charge >= 0.3 is 0 Å². The summed E-state index contributed by atoms with van der Waals surface area (Å²) in [6.07, 6.45) is 1.98. The predicted molar refractivity (Wildman–Crippen MR) is 42.1 cm³/mol. The third-order valence-electron chi connectivity index (χ3n) is 1.04. The van der Waals surface area contributed by atoms with Gasteiger partial charge in [-0.15, -0.1) is 0 Å². The second-order valence-corrected chi connectivity index (χ2v) is 1.90. The predicted octanol–water partition coefficient (Wildman–Crippen LogP) is 0.949. The van der Waals surface area contributed by atoms with Crippen LogP contribution in [0, 0.1) is 0 Å². The van der Waals surface area contributed by atoms with Gasteiger partial charge in [-0.2, -0.15) is 0 Å². The molecule has 0 bridgehead atoms. The molecule has 0 radical (unpaired) electrons. The van der Waals surface area contributed by atoms with E-state index in [2.05, 4.69) is 10.3 Å². The highest BCUT2D eigenvalue weighted by Crippen LogP contribution is 1.97. The number of rotatable bonds is 0. The Kier molecular flexibility index (Phi) is 4.54. The van der Waals surface area contributed by atoms with Crippen LogP contribution in [0.25, 0.3) is 0 Å². The lowest BCUT2D eigenvalue weighted by Crippen LogP contribution is -2.29. The molecule has 1 aliphatic rings. The smallest absolute Gasteiger partial charge is 0.227 e. The van der Waals surface area contributed by atoms with Gasteiger partial charge in [0.2, 0.25) is 5.91 Å². The van der Waals surface area contributed by atoms with E-state index in [9.17, 15) is 4.79 Å². The van der Waals surface area contributed by atoms with Crippen molar-refractivity contribution in [1.29, 1.82) is 0 Å². The van der Waals surface area contributed by atoms with E-state index in [4.69, 9.17) is 0 Å². The molecule has 10 heavy (non-hydrogen) atoms. The van der Waals surface area contributed by atoms with Gasteiger partial charge < -0.3 is 5.32 Å². The lowest BCUT2D eigenvalue weighted by molar-refractivity contribution is -0.120. The van der Waals surface area contributed by atoms with Crippen LogP contribution in [0.5, 0.6) is 0 Å². The van der Waals surface area contributed by atoms with Crippen LogP contribution in [-0.4, -0.2) is 18.3 Å². The van der Waals surface area contributed by atoms with E-state index >= 15 is 0 Å². The second kappa shape index (κ2) is 4.97. The van der Waals surface area contributed by atoms with Crippen molar-refractivity contribution in [3.8, 4) is 0 Å². The normalized spacial score (nSPS) is 22.7. The second-order valence-electron chi connectivity index (χ2n) is 1.90. The minimum Gasteiger partial charge on any atom is -0.317 e. The van der Waals surface area contributed by atoms with Gasteiger partial charge in [0.25, 0.3) is 0 Å². The van der Waals surface area contributed by atoms with E-state index in [1.807, 2.05) is 20.8 Å². The third kappa shape index (κ3) is 3.22. The molecule has 1 unspecified atom stereocenters. The van der Waals surface area contributed by atoms with Crippen LogP contribution >= 0.6 is 0 Å². The highest BCUT2D eigenvalue weighted by Gasteiger charge is 2.08. The molecule has 1 heterocycles. The Labute approximate surface area is 61.5 Å². The quantitative estimate of drug-likeness (QED) is 0.537. The SMILES string of the molecule is CC.CC1CC(=O)NC=N1. The molecule has 1 amide bonds. The number of hydrogen-bond acceptors (Lipinski definition) is 2. The summed E-state index contributed by atoms with van der Waals surface area (Å²) in [6, 6.07) is 0.170. The Morgan fingerprint density at radius 1 is 1.70 bits per heavy atom.